The van der Waals surface area contributed by atoms with Crippen LogP contribution in [0.25, 0.3) is 0 Å². The first kappa shape index (κ1) is 17.4. The first-order chi connectivity index (χ1) is 11.0. The molecule has 0 unspecified atom stereocenters. The zero-order chi connectivity index (χ0) is 17.9. The molecule has 132 valence electrons. The lowest BCUT2D eigenvalue weighted by molar-refractivity contribution is -0.165. The molecule has 2 heterocycles. The van der Waals surface area contributed by atoms with Crippen LogP contribution in [0.2, 0.25) is 0 Å². The van der Waals surface area contributed by atoms with Gasteiger partial charge in [-0.3, -0.25) is 9.59 Å². The van der Waals surface area contributed by atoms with E-state index in [0.29, 0.717) is 18.9 Å². The predicted molar refractivity (Wildman–Crippen MR) is 92.6 cm³/mol. The van der Waals surface area contributed by atoms with Crippen molar-refractivity contribution < 1.29 is 14.3 Å². The number of rotatable bonds is 4. The molecular formula is C18H26N2O3S. The van der Waals surface area contributed by atoms with Gasteiger partial charge in [-0.25, -0.2) is 4.98 Å². The minimum absolute atomic E-state index is 0.141. The Labute approximate surface area is 147 Å². The molecule has 3 rings (SSSR count). The quantitative estimate of drug-likeness (QED) is 0.617. The van der Waals surface area contributed by atoms with Gasteiger partial charge in [0, 0.05) is 23.8 Å². The van der Waals surface area contributed by atoms with Crippen LogP contribution >= 0.6 is 11.3 Å². The van der Waals surface area contributed by atoms with Crippen LogP contribution in [-0.2, 0) is 20.9 Å². The molecule has 24 heavy (non-hydrogen) atoms. The molecule has 1 saturated carbocycles. The van der Waals surface area contributed by atoms with Crippen LogP contribution in [0, 0.1) is 10.8 Å². The summed E-state index contributed by atoms with van der Waals surface area (Å²) in [5, 5.41) is 3.06. The number of amides is 1. The van der Waals surface area contributed by atoms with E-state index < -0.39 is 16.4 Å². The van der Waals surface area contributed by atoms with E-state index in [1.54, 1.807) is 23.3 Å². The monoisotopic (exact) mass is 350 g/mol. The summed E-state index contributed by atoms with van der Waals surface area (Å²) in [6, 6.07) is 0. The zero-order valence-electron chi connectivity index (χ0n) is 15.3. The lowest BCUT2D eigenvalue weighted by Gasteiger charge is -2.36. The van der Waals surface area contributed by atoms with Gasteiger partial charge in [-0.2, -0.15) is 0 Å². The fourth-order valence-corrected chi connectivity index (χ4v) is 4.92. The Hall–Kier alpha value is -1.43. The SMILES string of the molecule is CC(C)c1nc(CN(C)C(=O)[C@@]23CC[C@@](C)(OC2=O)C3(C)C)cs1. The lowest BCUT2D eigenvalue weighted by Crippen LogP contribution is -2.51. The molecule has 1 aromatic heterocycles. The third-order valence-electron chi connectivity index (χ3n) is 6.21. The summed E-state index contributed by atoms with van der Waals surface area (Å²) in [5.74, 6) is -0.125. The number of hydrogen-bond donors (Lipinski definition) is 0. The minimum atomic E-state index is -1.06. The van der Waals surface area contributed by atoms with Crippen molar-refractivity contribution in [3.63, 3.8) is 0 Å². The van der Waals surface area contributed by atoms with Gasteiger partial charge in [-0.15, -0.1) is 11.3 Å². The van der Waals surface area contributed by atoms with Gasteiger partial charge in [0.2, 0.25) is 5.91 Å². The van der Waals surface area contributed by atoms with E-state index in [4.69, 9.17) is 4.74 Å². The largest absolute Gasteiger partial charge is 0.458 e. The van der Waals surface area contributed by atoms with Gasteiger partial charge in [0.15, 0.2) is 5.41 Å². The summed E-state index contributed by atoms with van der Waals surface area (Å²) in [6.07, 6.45) is 1.30. The van der Waals surface area contributed by atoms with Crippen LogP contribution in [0.3, 0.4) is 0 Å². The second-order valence-electron chi connectivity index (χ2n) is 8.14. The average molecular weight is 350 g/mol. The zero-order valence-corrected chi connectivity index (χ0v) is 16.1. The fraction of sp³-hybridized carbons (Fsp3) is 0.722. The molecule has 2 atom stereocenters. The standard InChI is InChI=1S/C18H26N2O3S/c1-11(2)13-19-12(10-24-13)9-20(6)14(21)18-8-7-17(5,16(18,3)4)23-15(18)22/h10-11H,7-9H2,1-6H3/t17-,18+/m1/s1. The van der Waals surface area contributed by atoms with Gasteiger partial charge in [0.05, 0.1) is 17.2 Å². The Morgan fingerprint density at radius 1 is 1.38 bits per heavy atom. The van der Waals surface area contributed by atoms with Crippen molar-refractivity contribution in [2.24, 2.45) is 10.8 Å². The Kier molecular flexibility index (Phi) is 3.83. The van der Waals surface area contributed by atoms with Crippen molar-refractivity contribution in [2.45, 2.75) is 65.5 Å². The minimum Gasteiger partial charge on any atom is -0.458 e. The second kappa shape index (κ2) is 5.28. The van der Waals surface area contributed by atoms with E-state index in [1.165, 1.54) is 0 Å². The van der Waals surface area contributed by atoms with E-state index >= 15 is 0 Å². The number of esters is 1. The summed E-state index contributed by atoms with van der Waals surface area (Å²) in [4.78, 5) is 32.1. The van der Waals surface area contributed by atoms with Gasteiger partial charge in [0.1, 0.15) is 5.60 Å². The number of thiazole rings is 1. The van der Waals surface area contributed by atoms with E-state index in [9.17, 15) is 9.59 Å². The molecule has 0 radical (unpaired) electrons. The van der Waals surface area contributed by atoms with Crippen molar-refractivity contribution in [3.8, 4) is 0 Å². The van der Waals surface area contributed by atoms with Crippen molar-refractivity contribution in [1.29, 1.82) is 0 Å². The van der Waals surface area contributed by atoms with Crippen molar-refractivity contribution in [2.75, 3.05) is 7.05 Å². The highest BCUT2D eigenvalue weighted by molar-refractivity contribution is 7.09. The maximum Gasteiger partial charge on any atom is 0.322 e. The van der Waals surface area contributed by atoms with Gasteiger partial charge in [-0.05, 0) is 19.8 Å². The molecule has 1 aliphatic carbocycles. The molecule has 1 aromatic rings. The summed E-state index contributed by atoms with van der Waals surface area (Å²) >= 11 is 1.62. The molecule has 1 aliphatic heterocycles. The van der Waals surface area contributed by atoms with Crippen LogP contribution < -0.4 is 0 Å². The molecule has 1 saturated heterocycles. The third-order valence-corrected chi connectivity index (χ3v) is 7.40. The van der Waals surface area contributed by atoms with Crippen LogP contribution in [0.1, 0.15) is 64.1 Å². The molecule has 1 amide bonds. The topological polar surface area (TPSA) is 59.5 Å². The van der Waals surface area contributed by atoms with Crippen LogP contribution in [-0.4, -0.2) is 34.4 Å². The van der Waals surface area contributed by atoms with Crippen molar-refractivity contribution >= 4 is 23.2 Å². The number of aromatic nitrogens is 1. The normalized spacial score (nSPS) is 30.7. The van der Waals surface area contributed by atoms with E-state index in [0.717, 1.165) is 17.1 Å². The summed E-state index contributed by atoms with van der Waals surface area (Å²) in [7, 11) is 1.75. The van der Waals surface area contributed by atoms with Gasteiger partial charge in [0.25, 0.3) is 0 Å². The van der Waals surface area contributed by atoms with Crippen LogP contribution in [0.5, 0.6) is 0 Å². The van der Waals surface area contributed by atoms with Gasteiger partial charge >= 0.3 is 5.97 Å². The maximum absolute atomic E-state index is 13.2. The van der Waals surface area contributed by atoms with E-state index in [2.05, 4.69) is 18.8 Å². The summed E-state index contributed by atoms with van der Waals surface area (Å²) < 4.78 is 5.62. The third kappa shape index (κ3) is 2.08. The number of carbonyl (C=O) groups is 2. The highest BCUT2D eigenvalue weighted by atomic mass is 32.1. The van der Waals surface area contributed by atoms with Gasteiger partial charge in [-0.1, -0.05) is 27.7 Å². The summed E-state index contributed by atoms with van der Waals surface area (Å²) in [5.41, 5.74) is -1.24. The molecule has 0 aromatic carbocycles. The predicted octanol–water partition coefficient (Wildman–Crippen LogP) is 3.35. The van der Waals surface area contributed by atoms with Crippen LogP contribution in [0.4, 0.5) is 0 Å². The number of ether oxygens (including phenoxy) is 1. The molecule has 0 N–H and O–H groups in total. The first-order valence-corrected chi connectivity index (χ1v) is 9.36. The molecule has 0 spiro atoms. The summed E-state index contributed by atoms with van der Waals surface area (Å²) in [6.45, 7) is 10.5. The van der Waals surface area contributed by atoms with Crippen molar-refractivity contribution in [3.05, 3.63) is 16.1 Å². The Bertz CT molecular complexity index is 696. The van der Waals surface area contributed by atoms with Crippen LogP contribution in [0.15, 0.2) is 5.38 Å². The Morgan fingerprint density at radius 3 is 2.50 bits per heavy atom. The molecule has 5 nitrogen and oxygen atoms in total. The lowest BCUT2D eigenvalue weighted by atomic mass is 9.65. The second-order valence-corrected chi connectivity index (χ2v) is 9.03. The van der Waals surface area contributed by atoms with Gasteiger partial charge < -0.3 is 9.64 Å². The number of fused-ring (bicyclic) bond motifs is 2. The Balaban J connectivity index is 1.84. The maximum atomic E-state index is 13.2. The van der Waals surface area contributed by atoms with E-state index in [1.807, 2.05) is 26.2 Å². The van der Waals surface area contributed by atoms with E-state index in [-0.39, 0.29) is 11.9 Å². The highest BCUT2D eigenvalue weighted by Gasteiger charge is 2.76. The average Bonchev–Trinajstić information content (AvgIpc) is 3.06. The molecule has 2 bridgehead atoms. The molecule has 2 aliphatic rings. The highest BCUT2D eigenvalue weighted by Crippen LogP contribution is 2.66. The number of nitrogens with zero attached hydrogens (tertiary/aromatic N) is 2. The molecular weight excluding hydrogens is 324 g/mol. The first-order valence-electron chi connectivity index (χ1n) is 8.48. The Morgan fingerprint density at radius 2 is 2.04 bits per heavy atom. The smallest absolute Gasteiger partial charge is 0.322 e. The van der Waals surface area contributed by atoms with Crippen molar-refractivity contribution in [1.82, 2.24) is 9.88 Å². The molecule has 6 heteroatoms. The fourth-order valence-electron chi connectivity index (χ4n) is 4.09. The number of hydrogen-bond acceptors (Lipinski definition) is 5. The number of carbonyl (C=O) groups excluding carboxylic acids is 2. The molecule has 2 fully saturated rings.